The third-order valence-corrected chi connectivity index (χ3v) is 6.20. The van der Waals surface area contributed by atoms with Crippen LogP contribution in [0.2, 0.25) is 0 Å². The minimum Gasteiger partial charge on any atom is -0.449 e. The Hall–Kier alpha value is -3.36. The van der Waals surface area contributed by atoms with E-state index in [0.717, 1.165) is 16.7 Å². The number of aryl methyl sites for hydroxylation is 1. The van der Waals surface area contributed by atoms with Crippen LogP contribution in [0.4, 0.5) is 4.79 Å². The molecule has 4 rings (SSSR count). The van der Waals surface area contributed by atoms with Crippen molar-refractivity contribution >= 4 is 23.7 Å². The maximum Gasteiger partial charge on any atom is 0.407 e. The average molecular weight is 416 g/mol. The van der Waals surface area contributed by atoms with Gasteiger partial charge in [-0.3, -0.25) is 4.79 Å². The van der Waals surface area contributed by atoms with E-state index in [-0.39, 0.29) is 5.92 Å². The highest BCUT2D eigenvalue weighted by Gasteiger charge is 2.28. The van der Waals surface area contributed by atoms with Gasteiger partial charge in [0.1, 0.15) is 6.61 Å². The summed E-state index contributed by atoms with van der Waals surface area (Å²) >= 11 is 1.38. The summed E-state index contributed by atoms with van der Waals surface area (Å²) in [5.74, 6) is 6.14. The van der Waals surface area contributed by atoms with Crippen molar-refractivity contribution in [3.05, 3.63) is 81.0 Å². The van der Waals surface area contributed by atoms with E-state index in [1.807, 2.05) is 37.3 Å². The number of benzene rings is 2. The molecule has 1 amide bonds. The fraction of sp³-hybridized carbons (Fsp3) is 0.200. The fourth-order valence-electron chi connectivity index (χ4n) is 3.71. The van der Waals surface area contributed by atoms with E-state index in [1.54, 1.807) is 0 Å². The van der Waals surface area contributed by atoms with Gasteiger partial charge in [0.25, 0.3) is 0 Å². The quantitative estimate of drug-likeness (QED) is 0.356. The van der Waals surface area contributed by atoms with Crippen molar-refractivity contribution < 1.29 is 14.3 Å². The van der Waals surface area contributed by atoms with Crippen LogP contribution in [0.5, 0.6) is 0 Å². The second-order valence-electron chi connectivity index (χ2n) is 7.08. The first kappa shape index (κ1) is 19.9. The van der Waals surface area contributed by atoms with E-state index < -0.39 is 6.09 Å². The molecule has 2 aromatic carbocycles. The summed E-state index contributed by atoms with van der Waals surface area (Å²) in [6, 6.07) is 18.3. The molecule has 0 radical (unpaired) electrons. The maximum atomic E-state index is 12.1. The van der Waals surface area contributed by atoms with Gasteiger partial charge in [-0.1, -0.05) is 60.4 Å². The number of nitrogens with one attached hydrogen (secondary N) is 1. The second-order valence-corrected chi connectivity index (χ2v) is 8.17. The SMILES string of the molecule is Cc1cc(C=O)sc1C#CCCNC(=O)OCC1c2ccccc2-c2ccccc21. The van der Waals surface area contributed by atoms with Crippen LogP contribution in [0.3, 0.4) is 0 Å². The summed E-state index contributed by atoms with van der Waals surface area (Å²) in [6.45, 7) is 2.64. The van der Waals surface area contributed by atoms with Crippen LogP contribution < -0.4 is 5.32 Å². The Morgan fingerprint density at radius 1 is 1.13 bits per heavy atom. The van der Waals surface area contributed by atoms with E-state index in [9.17, 15) is 9.59 Å². The molecular formula is C25H21NO3S. The average Bonchev–Trinajstić information content (AvgIpc) is 3.29. The molecule has 3 aromatic rings. The molecule has 1 aromatic heterocycles. The molecule has 0 spiro atoms. The van der Waals surface area contributed by atoms with Gasteiger partial charge >= 0.3 is 6.09 Å². The summed E-state index contributed by atoms with van der Waals surface area (Å²) in [4.78, 5) is 24.5. The smallest absolute Gasteiger partial charge is 0.407 e. The van der Waals surface area contributed by atoms with Crippen LogP contribution in [0.25, 0.3) is 11.1 Å². The van der Waals surface area contributed by atoms with Gasteiger partial charge in [-0.2, -0.15) is 0 Å². The van der Waals surface area contributed by atoms with E-state index in [0.29, 0.717) is 24.4 Å². The lowest BCUT2D eigenvalue weighted by Crippen LogP contribution is -2.26. The number of amides is 1. The minimum atomic E-state index is -0.436. The number of thiophene rings is 1. The van der Waals surface area contributed by atoms with Gasteiger partial charge in [0.15, 0.2) is 6.29 Å². The molecule has 0 saturated heterocycles. The number of hydrogen-bond acceptors (Lipinski definition) is 4. The molecule has 0 fully saturated rings. The Morgan fingerprint density at radius 3 is 2.43 bits per heavy atom. The molecule has 30 heavy (non-hydrogen) atoms. The summed E-state index contributed by atoms with van der Waals surface area (Å²) in [6.07, 6.45) is 0.911. The molecule has 1 N–H and O–H groups in total. The molecular weight excluding hydrogens is 394 g/mol. The molecule has 5 heteroatoms. The van der Waals surface area contributed by atoms with Crippen LogP contribution >= 0.6 is 11.3 Å². The lowest BCUT2D eigenvalue weighted by Gasteiger charge is -2.14. The second kappa shape index (κ2) is 8.98. The fourth-order valence-corrected chi connectivity index (χ4v) is 4.57. The molecule has 1 aliphatic carbocycles. The van der Waals surface area contributed by atoms with Crippen LogP contribution in [0.1, 0.15) is 43.6 Å². The number of carbonyl (C=O) groups is 2. The zero-order valence-corrected chi connectivity index (χ0v) is 17.4. The Kier molecular flexibility index (Phi) is 5.97. The Bertz CT molecular complexity index is 1110. The molecule has 0 bridgehead atoms. The first-order chi connectivity index (χ1) is 14.7. The number of fused-ring (bicyclic) bond motifs is 3. The molecule has 1 heterocycles. The van der Waals surface area contributed by atoms with Crippen molar-refractivity contribution in [1.82, 2.24) is 5.32 Å². The standard InChI is InChI=1S/C25H21NO3S/c1-17-14-18(15-27)30-24(17)12-6-7-13-26-25(28)29-16-23-21-10-4-2-8-19(21)20-9-3-5-11-22(20)23/h2-5,8-11,14-15,23H,7,13,16H2,1H3,(H,26,28). The lowest BCUT2D eigenvalue weighted by molar-refractivity contribution is 0.112. The van der Waals surface area contributed by atoms with E-state index >= 15 is 0 Å². The highest BCUT2D eigenvalue weighted by molar-refractivity contribution is 7.14. The Balaban J connectivity index is 1.29. The predicted molar refractivity (Wildman–Crippen MR) is 119 cm³/mol. The summed E-state index contributed by atoms with van der Waals surface area (Å²) < 4.78 is 5.51. The first-order valence-electron chi connectivity index (χ1n) is 9.80. The monoisotopic (exact) mass is 415 g/mol. The van der Waals surface area contributed by atoms with Gasteiger partial charge in [-0.05, 0) is 40.8 Å². The van der Waals surface area contributed by atoms with Gasteiger partial charge in [0, 0.05) is 18.9 Å². The lowest BCUT2D eigenvalue weighted by atomic mass is 9.98. The number of ether oxygens (including phenoxy) is 1. The number of rotatable bonds is 5. The van der Waals surface area contributed by atoms with Crippen LogP contribution in [-0.2, 0) is 4.74 Å². The van der Waals surface area contributed by atoms with Gasteiger partial charge in [-0.25, -0.2) is 4.79 Å². The van der Waals surface area contributed by atoms with Crippen molar-refractivity contribution in [3.63, 3.8) is 0 Å². The highest BCUT2D eigenvalue weighted by Crippen LogP contribution is 2.44. The van der Waals surface area contributed by atoms with Crippen molar-refractivity contribution in [2.75, 3.05) is 13.2 Å². The molecule has 4 nitrogen and oxygen atoms in total. The largest absolute Gasteiger partial charge is 0.449 e. The summed E-state index contributed by atoms with van der Waals surface area (Å²) in [7, 11) is 0. The maximum absolute atomic E-state index is 12.1. The molecule has 0 saturated carbocycles. The van der Waals surface area contributed by atoms with Crippen molar-refractivity contribution in [2.24, 2.45) is 0 Å². The van der Waals surface area contributed by atoms with E-state index in [1.165, 1.54) is 33.6 Å². The third kappa shape index (κ3) is 4.14. The van der Waals surface area contributed by atoms with Gasteiger partial charge < -0.3 is 10.1 Å². The van der Waals surface area contributed by atoms with Crippen molar-refractivity contribution in [3.8, 4) is 23.0 Å². The summed E-state index contributed by atoms with van der Waals surface area (Å²) in [5, 5.41) is 2.76. The normalized spacial score (nSPS) is 11.8. The number of hydrogen-bond donors (Lipinski definition) is 1. The Labute approximate surface area is 179 Å². The van der Waals surface area contributed by atoms with E-state index in [4.69, 9.17) is 4.74 Å². The van der Waals surface area contributed by atoms with Crippen LogP contribution in [-0.4, -0.2) is 25.5 Å². The van der Waals surface area contributed by atoms with E-state index in [2.05, 4.69) is 41.4 Å². The van der Waals surface area contributed by atoms with Crippen molar-refractivity contribution in [1.29, 1.82) is 0 Å². The van der Waals surface area contributed by atoms with Crippen LogP contribution in [0, 0.1) is 18.8 Å². The van der Waals surface area contributed by atoms with Gasteiger partial charge in [0.05, 0.1) is 9.75 Å². The molecule has 0 aliphatic heterocycles. The first-order valence-corrected chi connectivity index (χ1v) is 10.6. The zero-order valence-electron chi connectivity index (χ0n) is 16.6. The molecule has 1 aliphatic rings. The predicted octanol–water partition coefficient (Wildman–Crippen LogP) is 5.15. The minimum absolute atomic E-state index is 0.0526. The van der Waals surface area contributed by atoms with Gasteiger partial charge in [0.2, 0.25) is 0 Å². The summed E-state index contributed by atoms with van der Waals surface area (Å²) in [5.41, 5.74) is 5.80. The highest BCUT2D eigenvalue weighted by atomic mass is 32.1. The van der Waals surface area contributed by atoms with Gasteiger partial charge in [-0.15, -0.1) is 11.3 Å². The molecule has 0 unspecified atom stereocenters. The number of aldehydes is 1. The number of alkyl carbamates (subject to hydrolysis) is 1. The topological polar surface area (TPSA) is 55.4 Å². The Morgan fingerprint density at radius 2 is 1.80 bits per heavy atom. The van der Waals surface area contributed by atoms with Crippen LogP contribution in [0.15, 0.2) is 54.6 Å². The molecule has 150 valence electrons. The molecule has 0 atom stereocenters. The number of carbonyl (C=O) groups excluding carboxylic acids is 2. The zero-order chi connectivity index (χ0) is 20.9. The third-order valence-electron chi connectivity index (χ3n) is 5.12. The van der Waals surface area contributed by atoms with Crippen molar-refractivity contribution in [2.45, 2.75) is 19.3 Å².